The lowest BCUT2D eigenvalue weighted by Gasteiger charge is -2.22. The standard InChI is InChI=1S/C17H19Cl2N3O2/c1-16(10-17(16,18)19)15(23)21-13(14-20-8-9-22(14)2)11-4-6-12(24-3)7-5-11/h4-9,13H,10H2,1-3H3,(H,21,23). The molecule has 1 aromatic heterocycles. The fourth-order valence-electron chi connectivity index (χ4n) is 2.69. The molecule has 1 aliphatic carbocycles. The predicted molar refractivity (Wildman–Crippen MR) is 93.3 cm³/mol. The normalized spacial score (nSPS) is 22.7. The lowest BCUT2D eigenvalue weighted by Crippen LogP contribution is -2.37. The van der Waals surface area contributed by atoms with Crippen LogP contribution < -0.4 is 10.1 Å². The van der Waals surface area contributed by atoms with Crippen LogP contribution in [0.25, 0.3) is 0 Å². The van der Waals surface area contributed by atoms with Crippen molar-refractivity contribution in [3.63, 3.8) is 0 Å². The zero-order valence-electron chi connectivity index (χ0n) is 13.7. The number of ether oxygens (including phenoxy) is 1. The zero-order chi connectivity index (χ0) is 17.5. The molecule has 1 amide bonds. The van der Waals surface area contributed by atoms with E-state index < -0.39 is 15.8 Å². The molecule has 1 heterocycles. The van der Waals surface area contributed by atoms with Gasteiger partial charge in [0.05, 0.1) is 12.5 Å². The number of imidazole rings is 1. The Hall–Kier alpha value is -1.72. The molecule has 1 aromatic carbocycles. The van der Waals surface area contributed by atoms with Gasteiger partial charge in [0.1, 0.15) is 21.9 Å². The van der Waals surface area contributed by atoms with Gasteiger partial charge in [-0.2, -0.15) is 0 Å². The van der Waals surface area contributed by atoms with E-state index in [1.165, 1.54) is 0 Å². The van der Waals surface area contributed by atoms with Crippen molar-refractivity contribution in [1.29, 1.82) is 0 Å². The highest BCUT2D eigenvalue weighted by atomic mass is 35.5. The maximum absolute atomic E-state index is 12.7. The smallest absolute Gasteiger partial charge is 0.229 e. The third-order valence-electron chi connectivity index (χ3n) is 4.60. The van der Waals surface area contributed by atoms with Crippen LogP contribution in [0, 0.1) is 5.41 Å². The number of nitrogens with one attached hydrogen (secondary N) is 1. The van der Waals surface area contributed by atoms with Crippen LogP contribution in [0.15, 0.2) is 36.7 Å². The summed E-state index contributed by atoms with van der Waals surface area (Å²) in [5.74, 6) is 1.29. The Labute approximate surface area is 150 Å². The van der Waals surface area contributed by atoms with E-state index in [1.54, 1.807) is 20.2 Å². The number of aromatic nitrogens is 2. The highest BCUT2D eigenvalue weighted by Crippen LogP contribution is 2.64. The number of hydrogen-bond donors (Lipinski definition) is 1. The van der Waals surface area contributed by atoms with Crippen molar-refractivity contribution < 1.29 is 9.53 Å². The topological polar surface area (TPSA) is 56.1 Å². The van der Waals surface area contributed by atoms with Crippen LogP contribution in [0.1, 0.15) is 30.8 Å². The molecule has 5 nitrogen and oxygen atoms in total. The van der Waals surface area contributed by atoms with Crippen LogP contribution in [-0.2, 0) is 11.8 Å². The summed E-state index contributed by atoms with van der Waals surface area (Å²) in [5.41, 5.74) is 0.115. The lowest BCUT2D eigenvalue weighted by atomic mass is 10.0. The number of carbonyl (C=O) groups is 1. The maximum atomic E-state index is 12.7. The Balaban J connectivity index is 1.91. The number of carbonyl (C=O) groups excluding carboxylic acids is 1. The fourth-order valence-corrected chi connectivity index (χ4v) is 3.39. The van der Waals surface area contributed by atoms with Crippen molar-refractivity contribution in [3.8, 4) is 5.75 Å². The van der Waals surface area contributed by atoms with Gasteiger partial charge < -0.3 is 14.6 Å². The molecule has 3 rings (SSSR count). The quantitative estimate of drug-likeness (QED) is 0.825. The molecular formula is C17H19Cl2N3O2. The number of nitrogens with zero attached hydrogens (tertiary/aromatic N) is 2. The van der Waals surface area contributed by atoms with Crippen molar-refractivity contribution in [2.75, 3.05) is 7.11 Å². The van der Waals surface area contributed by atoms with Crippen LogP contribution in [0.2, 0.25) is 0 Å². The summed E-state index contributed by atoms with van der Waals surface area (Å²) >= 11 is 12.3. The molecule has 2 atom stereocenters. The molecule has 1 N–H and O–H groups in total. The van der Waals surface area contributed by atoms with Gasteiger partial charge in [0.15, 0.2) is 0 Å². The van der Waals surface area contributed by atoms with Gasteiger partial charge in [-0.15, -0.1) is 23.2 Å². The van der Waals surface area contributed by atoms with Gasteiger partial charge in [0.2, 0.25) is 5.91 Å². The number of alkyl halides is 2. The van der Waals surface area contributed by atoms with Gasteiger partial charge >= 0.3 is 0 Å². The Kier molecular flexibility index (Phi) is 4.26. The number of amides is 1. The second-order valence-electron chi connectivity index (χ2n) is 6.29. The molecular weight excluding hydrogens is 349 g/mol. The highest BCUT2D eigenvalue weighted by molar-refractivity contribution is 6.53. The van der Waals surface area contributed by atoms with Crippen LogP contribution in [-0.4, -0.2) is 26.9 Å². The predicted octanol–water partition coefficient (Wildman–Crippen LogP) is 3.22. The van der Waals surface area contributed by atoms with Gasteiger partial charge in [-0.05, 0) is 31.0 Å². The van der Waals surface area contributed by atoms with Crippen LogP contribution >= 0.6 is 23.2 Å². The minimum absolute atomic E-state index is 0.184. The fraction of sp³-hybridized carbons (Fsp3) is 0.412. The molecule has 1 aliphatic rings. The second kappa shape index (κ2) is 5.97. The Morgan fingerprint density at radius 2 is 2.00 bits per heavy atom. The number of methoxy groups -OCH3 is 1. The number of aryl methyl sites for hydroxylation is 1. The molecule has 1 fully saturated rings. The van der Waals surface area contributed by atoms with E-state index in [-0.39, 0.29) is 5.91 Å². The molecule has 0 aliphatic heterocycles. The molecule has 0 radical (unpaired) electrons. The average molecular weight is 368 g/mol. The van der Waals surface area contributed by atoms with Crippen molar-refractivity contribution in [1.82, 2.24) is 14.9 Å². The number of halogens is 2. The molecule has 2 aromatic rings. The second-order valence-corrected chi connectivity index (χ2v) is 7.77. The Morgan fingerprint density at radius 3 is 2.46 bits per heavy atom. The van der Waals surface area contributed by atoms with Gasteiger partial charge in [-0.25, -0.2) is 4.98 Å². The number of hydrogen-bond acceptors (Lipinski definition) is 3. The number of benzene rings is 1. The molecule has 7 heteroatoms. The van der Waals surface area contributed by atoms with Gasteiger partial charge in [0, 0.05) is 19.4 Å². The van der Waals surface area contributed by atoms with Crippen molar-refractivity contribution in [2.24, 2.45) is 12.5 Å². The molecule has 2 unspecified atom stereocenters. The first-order valence-corrected chi connectivity index (χ1v) is 8.34. The lowest BCUT2D eigenvalue weighted by molar-refractivity contribution is -0.126. The van der Waals surface area contributed by atoms with Gasteiger partial charge in [-0.1, -0.05) is 12.1 Å². The summed E-state index contributed by atoms with van der Waals surface area (Å²) < 4.78 is 6.06. The maximum Gasteiger partial charge on any atom is 0.229 e. The third-order valence-corrected chi connectivity index (χ3v) is 5.70. The van der Waals surface area contributed by atoms with E-state index >= 15 is 0 Å². The van der Waals surface area contributed by atoms with Crippen molar-refractivity contribution >= 4 is 29.1 Å². The van der Waals surface area contributed by atoms with Crippen LogP contribution in [0.5, 0.6) is 5.75 Å². The first-order chi connectivity index (χ1) is 11.3. The summed E-state index contributed by atoms with van der Waals surface area (Å²) in [7, 11) is 3.50. The third kappa shape index (κ3) is 2.87. The van der Waals surface area contributed by atoms with E-state index in [9.17, 15) is 4.79 Å². The van der Waals surface area contributed by atoms with Crippen LogP contribution in [0.4, 0.5) is 0 Å². The minimum atomic E-state index is -1.01. The molecule has 0 spiro atoms. The van der Waals surface area contributed by atoms with E-state index in [4.69, 9.17) is 27.9 Å². The first kappa shape index (κ1) is 17.1. The van der Waals surface area contributed by atoms with Crippen LogP contribution in [0.3, 0.4) is 0 Å². The zero-order valence-corrected chi connectivity index (χ0v) is 15.2. The Morgan fingerprint density at radius 1 is 1.38 bits per heavy atom. The average Bonchev–Trinajstić information content (AvgIpc) is 2.87. The Bertz CT molecular complexity index is 757. The molecule has 0 saturated heterocycles. The highest BCUT2D eigenvalue weighted by Gasteiger charge is 2.68. The summed E-state index contributed by atoms with van der Waals surface area (Å²) in [6.07, 6.45) is 3.97. The SMILES string of the molecule is COc1ccc(C(NC(=O)C2(C)CC2(Cl)Cl)c2nccn2C)cc1. The summed E-state index contributed by atoms with van der Waals surface area (Å²) in [6.45, 7) is 1.77. The van der Waals surface area contributed by atoms with Crippen molar-refractivity contribution in [3.05, 3.63) is 48.0 Å². The van der Waals surface area contributed by atoms with E-state index in [0.29, 0.717) is 6.42 Å². The molecule has 128 valence electrons. The summed E-state index contributed by atoms with van der Waals surface area (Å²) in [4.78, 5) is 17.1. The van der Waals surface area contributed by atoms with E-state index in [2.05, 4.69) is 10.3 Å². The molecule has 24 heavy (non-hydrogen) atoms. The molecule has 0 bridgehead atoms. The monoisotopic (exact) mass is 367 g/mol. The molecule has 1 saturated carbocycles. The number of rotatable bonds is 5. The van der Waals surface area contributed by atoms with E-state index in [1.807, 2.05) is 42.1 Å². The van der Waals surface area contributed by atoms with Gasteiger partial charge in [-0.3, -0.25) is 4.79 Å². The minimum Gasteiger partial charge on any atom is -0.497 e. The first-order valence-electron chi connectivity index (χ1n) is 7.58. The largest absolute Gasteiger partial charge is 0.497 e. The van der Waals surface area contributed by atoms with Crippen molar-refractivity contribution in [2.45, 2.75) is 23.7 Å². The summed E-state index contributed by atoms with van der Waals surface area (Å²) in [5, 5.41) is 3.04. The summed E-state index contributed by atoms with van der Waals surface area (Å²) in [6, 6.07) is 7.11. The van der Waals surface area contributed by atoms with E-state index in [0.717, 1.165) is 17.1 Å². The van der Waals surface area contributed by atoms with Gasteiger partial charge in [0.25, 0.3) is 0 Å².